The van der Waals surface area contributed by atoms with Gasteiger partial charge < -0.3 is 10.1 Å². The highest BCUT2D eigenvalue weighted by atomic mass is 35.5. The van der Waals surface area contributed by atoms with E-state index in [1.165, 1.54) is 18.4 Å². The lowest BCUT2D eigenvalue weighted by Gasteiger charge is -2.27. The summed E-state index contributed by atoms with van der Waals surface area (Å²) in [5, 5.41) is 4.43. The van der Waals surface area contributed by atoms with Crippen molar-refractivity contribution in [1.82, 2.24) is 5.32 Å². The summed E-state index contributed by atoms with van der Waals surface area (Å²) in [7, 11) is 1.72. The Morgan fingerprint density at radius 2 is 2.17 bits per heavy atom. The minimum Gasteiger partial charge on any atom is -0.496 e. The summed E-state index contributed by atoms with van der Waals surface area (Å²) in [4.78, 5) is 0. The molecule has 1 aromatic carbocycles. The smallest absolute Gasteiger partial charge is 0.123 e. The third-order valence-corrected chi connectivity index (χ3v) is 4.07. The van der Waals surface area contributed by atoms with Crippen LogP contribution < -0.4 is 10.1 Å². The molecule has 18 heavy (non-hydrogen) atoms. The molecule has 3 heteroatoms. The number of nitrogens with one attached hydrogen (secondary N) is 1. The molecule has 1 N–H and O–H groups in total. The summed E-state index contributed by atoms with van der Waals surface area (Å²) in [6.45, 7) is 5.55. The quantitative estimate of drug-likeness (QED) is 0.834. The zero-order valence-electron chi connectivity index (χ0n) is 11.4. The summed E-state index contributed by atoms with van der Waals surface area (Å²) in [5.41, 5.74) is 1.55. The van der Waals surface area contributed by atoms with E-state index in [4.69, 9.17) is 16.3 Å². The Morgan fingerprint density at radius 3 is 2.72 bits per heavy atom. The number of hydrogen-bond donors (Lipinski definition) is 1. The predicted molar refractivity (Wildman–Crippen MR) is 76.4 cm³/mol. The van der Waals surface area contributed by atoms with Crippen molar-refractivity contribution in [2.75, 3.05) is 13.7 Å². The molecule has 1 aliphatic rings. The summed E-state index contributed by atoms with van der Waals surface area (Å²) >= 11 is 6.14. The highest BCUT2D eigenvalue weighted by Gasteiger charge is 2.46. The molecule has 0 spiro atoms. The highest BCUT2D eigenvalue weighted by Crippen LogP contribution is 2.55. The largest absolute Gasteiger partial charge is 0.496 e. The maximum Gasteiger partial charge on any atom is 0.123 e. The van der Waals surface area contributed by atoms with Crippen molar-refractivity contribution in [3.8, 4) is 5.75 Å². The zero-order valence-corrected chi connectivity index (χ0v) is 12.2. The van der Waals surface area contributed by atoms with Crippen LogP contribution in [-0.2, 0) is 0 Å². The van der Waals surface area contributed by atoms with Gasteiger partial charge in [0.25, 0.3) is 0 Å². The van der Waals surface area contributed by atoms with Gasteiger partial charge in [-0.3, -0.25) is 0 Å². The number of benzene rings is 1. The highest BCUT2D eigenvalue weighted by molar-refractivity contribution is 6.30. The average molecular weight is 268 g/mol. The van der Waals surface area contributed by atoms with E-state index in [-0.39, 0.29) is 0 Å². The lowest BCUT2D eigenvalue weighted by Crippen LogP contribution is -2.29. The number of halogens is 1. The van der Waals surface area contributed by atoms with Crippen LogP contribution in [0.1, 0.15) is 44.7 Å². The zero-order chi connectivity index (χ0) is 13.2. The molecule has 0 amide bonds. The summed E-state index contributed by atoms with van der Waals surface area (Å²) in [6.07, 6.45) is 3.67. The topological polar surface area (TPSA) is 21.3 Å². The molecule has 0 saturated heterocycles. The summed E-state index contributed by atoms with van der Waals surface area (Å²) in [6, 6.07) is 6.23. The van der Waals surface area contributed by atoms with Crippen molar-refractivity contribution in [1.29, 1.82) is 0 Å². The number of hydrogen-bond acceptors (Lipinski definition) is 2. The van der Waals surface area contributed by atoms with Gasteiger partial charge in [-0.25, -0.2) is 0 Å². The van der Waals surface area contributed by atoms with Crippen LogP contribution in [0.4, 0.5) is 0 Å². The van der Waals surface area contributed by atoms with Gasteiger partial charge in [-0.15, -0.1) is 0 Å². The molecule has 1 atom stereocenters. The van der Waals surface area contributed by atoms with E-state index >= 15 is 0 Å². The van der Waals surface area contributed by atoms with E-state index in [1.54, 1.807) is 7.11 Å². The van der Waals surface area contributed by atoms with Gasteiger partial charge in [0.2, 0.25) is 0 Å². The van der Waals surface area contributed by atoms with E-state index in [2.05, 4.69) is 19.2 Å². The molecule has 100 valence electrons. The molecule has 0 aromatic heterocycles. The second-order valence-corrected chi connectivity index (χ2v) is 5.86. The van der Waals surface area contributed by atoms with Gasteiger partial charge in [0.05, 0.1) is 7.11 Å². The van der Waals surface area contributed by atoms with Crippen molar-refractivity contribution in [3.63, 3.8) is 0 Å². The van der Waals surface area contributed by atoms with Gasteiger partial charge in [0, 0.05) is 16.6 Å². The van der Waals surface area contributed by atoms with Crippen LogP contribution in [0.25, 0.3) is 0 Å². The van der Waals surface area contributed by atoms with Crippen LogP contribution >= 0.6 is 11.6 Å². The van der Waals surface area contributed by atoms with Crippen LogP contribution in [0.15, 0.2) is 18.2 Å². The first-order valence-electron chi connectivity index (χ1n) is 6.67. The molecule has 0 bridgehead atoms. The Hall–Kier alpha value is -0.730. The fourth-order valence-corrected chi connectivity index (χ4v) is 2.62. The molecule has 1 aliphatic carbocycles. The molecule has 0 radical (unpaired) electrons. The predicted octanol–water partition coefficient (Wildman–Crippen LogP) is 4.19. The number of methoxy groups -OCH3 is 1. The van der Waals surface area contributed by atoms with Crippen molar-refractivity contribution in [3.05, 3.63) is 28.8 Å². The van der Waals surface area contributed by atoms with E-state index in [0.717, 1.165) is 23.7 Å². The minimum atomic E-state index is 0.339. The molecule has 1 unspecified atom stereocenters. The van der Waals surface area contributed by atoms with Crippen LogP contribution in [0.3, 0.4) is 0 Å². The molecule has 2 rings (SSSR count). The minimum absolute atomic E-state index is 0.339. The maximum atomic E-state index is 6.14. The second-order valence-electron chi connectivity index (χ2n) is 5.43. The molecule has 2 nitrogen and oxygen atoms in total. The van der Waals surface area contributed by atoms with Gasteiger partial charge in [0.1, 0.15) is 5.75 Å². The first-order valence-corrected chi connectivity index (χ1v) is 7.05. The Kier molecular flexibility index (Phi) is 4.18. The van der Waals surface area contributed by atoms with Crippen molar-refractivity contribution >= 4 is 11.6 Å². The third kappa shape index (κ3) is 2.81. The monoisotopic (exact) mass is 267 g/mol. The lowest BCUT2D eigenvalue weighted by molar-refractivity contribution is 0.343. The molecule has 1 aromatic rings. The molecule has 0 heterocycles. The van der Waals surface area contributed by atoms with Gasteiger partial charge in [-0.2, -0.15) is 0 Å². The normalized spacial score (nSPS) is 18.4. The molecular weight excluding hydrogens is 246 g/mol. The van der Waals surface area contributed by atoms with Crippen molar-refractivity contribution < 1.29 is 4.74 Å². The van der Waals surface area contributed by atoms with E-state index in [0.29, 0.717) is 11.5 Å². The van der Waals surface area contributed by atoms with Crippen LogP contribution in [0.2, 0.25) is 5.02 Å². The van der Waals surface area contributed by atoms with Crippen LogP contribution in [-0.4, -0.2) is 13.7 Å². The SMILES string of the molecule is CCCNC(c1cc(Cl)ccc1OC)C1(C)CC1. The maximum absolute atomic E-state index is 6.14. The van der Waals surface area contributed by atoms with Crippen molar-refractivity contribution in [2.45, 2.75) is 39.2 Å². The third-order valence-electron chi connectivity index (χ3n) is 3.84. The fraction of sp³-hybridized carbons (Fsp3) is 0.600. The number of ether oxygens (including phenoxy) is 1. The summed E-state index contributed by atoms with van der Waals surface area (Å²) < 4.78 is 5.49. The fourth-order valence-electron chi connectivity index (χ4n) is 2.44. The van der Waals surface area contributed by atoms with Gasteiger partial charge in [0.15, 0.2) is 0 Å². The van der Waals surface area contributed by atoms with Crippen LogP contribution in [0, 0.1) is 5.41 Å². The second kappa shape index (κ2) is 5.50. The molecule has 1 fully saturated rings. The van der Waals surface area contributed by atoms with Gasteiger partial charge in [-0.05, 0) is 49.4 Å². The van der Waals surface area contributed by atoms with Crippen molar-refractivity contribution in [2.24, 2.45) is 5.41 Å². The van der Waals surface area contributed by atoms with E-state index in [9.17, 15) is 0 Å². The van der Waals surface area contributed by atoms with E-state index < -0.39 is 0 Å². The first kappa shape index (κ1) is 13.7. The summed E-state index contributed by atoms with van der Waals surface area (Å²) in [5.74, 6) is 0.932. The molecular formula is C15H22ClNO. The van der Waals surface area contributed by atoms with Gasteiger partial charge in [-0.1, -0.05) is 25.4 Å². The molecule has 0 aliphatic heterocycles. The van der Waals surface area contributed by atoms with E-state index in [1.807, 2.05) is 18.2 Å². The first-order chi connectivity index (χ1) is 8.60. The average Bonchev–Trinajstić information content (AvgIpc) is 3.09. The lowest BCUT2D eigenvalue weighted by atomic mass is 9.91. The number of rotatable bonds is 6. The standard InChI is InChI=1S/C15H22ClNO/c1-4-9-17-14(15(2)7-8-15)12-10-11(16)5-6-13(12)18-3/h5-6,10,14,17H,4,7-9H2,1-3H3. The Morgan fingerprint density at radius 1 is 1.44 bits per heavy atom. The Labute approximate surface area is 115 Å². The van der Waals surface area contributed by atoms with Gasteiger partial charge >= 0.3 is 0 Å². The Balaban J connectivity index is 2.31. The Bertz CT molecular complexity index is 415. The molecule has 1 saturated carbocycles. The van der Waals surface area contributed by atoms with Crippen LogP contribution in [0.5, 0.6) is 5.75 Å².